The van der Waals surface area contributed by atoms with Gasteiger partial charge >= 0.3 is 5.97 Å². The van der Waals surface area contributed by atoms with Crippen molar-refractivity contribution in [1.82, 2.24) is 5.32 Å². The highest BCUT2D eigenvalue weighted by molar-refractivity contribution is 5.97. The standard InChI is InChI=1S/C19H20N2O4/c1-12-5-3-4-6-15(12)11-17(19(24)25)21-18(23)14-7-9-16(10-8-14)20-13(2)22/h3-10,17H,11H2,1-2H3,(H,20,22)(H,21,23)(H,24,25)/t17-/m0/s1. The second kappa shape index (κ2) is 8.10. The van der Waals surface area contributed by atoms with E-state index in [1.54, 1.807) is 12.1 Å². The lowest BCUT2D eigenvalue weighted by Crippen LogP contribution is -2.42. The van der Waals surface area contributed by atoms with Crippen LogP contribution >= 0.6 is 0 Å². The number of amides is 2. The van der Waals surface area contributed by atoms with Crippen LogP contribution in [0.3, 0.4) is 0 Å². The SMILES string of the molecule is CC(=O)Nc1ccc(C(=O)N[C@@H](Cc2ccccc2C)C(=O)O)cc1. The molecule has 6 heteroatoms. The third-order valence-electron chi connectivity index (χ3n) is 3.76. The molecule has 0 aliphatic heterocycles. The Morgan fingerprint density at radius 2 is 1.68 bits per heavy atom. The number of rotatable bonds is 6. The highest BCUT2D eigenvalue weighted by Gasteiger charge is 2.21. The number of carboxylic acids is 1. The number of carbonyl (C=O) groups excluding carboxylic acids is 2. The molecule has 0 aliphatic carbocycles. The summed E-state index contributed by atoms with van der Waals surface area (Å²) in [5, 5.41) is 14.5. The van der Waals surface area contributed by atoms with Crippen LogP contribution in [0.1, 0.15) is 28.4 Å². The first kappa shape index (κ1) is 18.2. The third kappa shape index (κ3) is 5.17. The first-order valence-electron chi connectivity index (χ1n) is 7.82. The Morgan fingerprint density at radius 3 is 2.24 bits per heavy atom. The van der Waals surface area contributed by atoms with E-state index < -0.39 is 17.9 Å². The van der Waals surface area contributed by atoms with Crippen molar-refractivity contribution in [2.75, 3.05) is 5.32 Å². The van der Waals surface area contributed by atoms with E-state index in [1.165, 1.54) is 19.1 Å². The van der Waals surface area contributed by atoms with Crippen molar-refractivity contribution in [1.29, 1.82) is 0 Å². The van der Waals surface area contributed by atoms with Gasteiger partial charge in [-0.15, -0.1) is 0 Å². The molecule has 0 aromatic heterocycles. The van der Waals surface area contributed by atoms with Crippen LogP contribution in [0.25, 0.3) is 0 Å². The van der Waals surface area contributed by atoms with Crippen LogP contribution in [0.15, 0.2) is 48.5 Å². The number of carboxylic acid groups (broad SMARTS) is 1. The summed E-state index contributed by atoms with van der Waals surface area (Å²) in [5.74, 6) is -1.77. The fourth-order valence-electron chi connectivity index (χ4n) is 2.41. The lowest BCUT2D eigenvalue weighted by Gasteiger charge is -2.16. The topological polar surface area (TPSA) is 95.5 Å². The second-order valence-corrected chi connectivity index (χ2v) is 5.75. The van der Waals surface area contributed by atoms with E-state index in [-0.39, 0.29) is 12.3 Å². The van der Waals surface area contributed by atoms with Gasteiger partial charge in [-0.2, -0.15) is 0 Å². The molecule has 2 rings (SSSR count). The smallest absolute Gasteiger partial charge is 0.326 e. The second-order valence-electron chi connectivity index (χ2n) is 5.75. The summed E-state index contributed by atoms with van der Waals surface area (Å²) in [5.41, 5.74) is 2.74. The fraction of sp³-hybridized carbons (Fsp3) is 0.211. The van der Waals surface area contributed by atoms with E-state index >= 15 is 0 Å². The number of nitrogens with one attached hydrogen (secondary N) is 2. The summed E-state index contributed by atoms with van der Waals surface area (Å²) in [6.07, 6.45) is 0.206. The molecule has 0 saturated heterocycles. The number of hydrogen-bond donors (Lipinski definition) is 3. The van der Waals surface area contributed by atoms with Gasteiger partial charge in [0.15, 0.2) is 0 Å². The quantitative estimate of drug-likeness (QED) is 0.752. The Hall–Kier alpha value is -3.15. The van der Waals surface area contributed by atoms with Crippen LogP contribution < -0.4 is 10.6 Å². The molecule has 2 amide bonds. The van der Waals surface area contributed by atoms with Gasteiger partial charge in [0.1, 0.15) is 6.04 Å². The average molecular weight is 340 g/mol. The Morgan fingerprint density at radius 1 is 1.04 bits per heavy atom. The van der Waals surface area contributed by atoms with E-state index in [0.29, 0.717) is 11.3 Å². The molecule has 0 aliphatic rings. The number of anilines is 1. The van der Waals surface area contributed by atoms with Crippen molar-refractivity contribution in [2.45, 2.75) is 26.3 Å². The zero-order valence-electron chi connectivity index (χ0n) is 14.1. The zero-order valence-corrected chi connectivity index (χ0v) is 14.1. The van der Waals surface area contributed by atoms with Gasteiger partial charge in [-0.25, -0.2) is 4.79 Å². The predicted octanol–water partition coefficient (Wildman–Crippen LogP) is 2.38. The Labute approximate surface area is 145 Å². The molecule has 0 radical (unpaired) electrons. The molecule has 0 heterocycles. The number of aliphatic carboxylic acids is 1. The fourth-order valence-corrected chi connectivity index (χ4v) is 2.41. The molecule has 0 spiro atoms. The molecule has 2 aromatic rings. The van der Waals surface area contributed by atoms with E-state index in [4.69, 9.17) is 0 Å². The summed E-state index contributed by atoms with van der Waals surface area (Å²) in [6.45, 7) is 3.29. The average Bonchev–Trinajstić information content (AvgIpc) is 2.56. The first-order valence-corrected chi connectivity index (χ1v) is 7.82. The van der Waals surface area contributed by atoms with Crippen LogP contribution in [0.2, 0.25) is 0 Å². The molecule has 2 aromatic carbocycles. The van der Waals surface area contributed by atoms with Crippen LogP contribution in [0.5, 0.6) is 0 Å². The minimum Gasteiger partial charge on any atom is -0.480 e. The van der Waals surface area contributed by atoms with Crippen LogP contribution in [0.4, 0.5) is 5.69 Å². The minimum absolute atomic E-state index is 0.206. The lowest BCUT2D eigenvalue weighted by atomic mass is 10.0. The molecule has 0 bridgehead atoms. The van der Waals surface area contributed by atoms with Crippen molar-refractivity contribution >= 4 is 23.5 Å². The highest BCUT2D eigenvalue weighted by atomic mass is 16.4. The van der Waals surface area contributed by atoms with Crippen LogP contribution in [-0.2, 0) is 16.0 Å². The molecule has 0 fully saturated rings. The van der Waals surface area contributed by atoms with E-state index in [2.05, 4.69) is 10.6 Å². The van der Waals surface area contributed by atoms with Crippen LogP contribution in [0, 0.1) is 6.92 Å². The largest absolute Gasteiger partial charge is 0.480 e. The molecule has 6 nitrogen and oxygen atoms in total. The highest BCUT2D eigenvalue weighted by Crippen LogP contribution is 2.12. The maximum atomic E-state index is 12.3. The van der Waals surface area contributed by atoms with Gasteiger partial charge in [0.05, 0.1) is 0 Å². The Balaban J connectivity index is 2.08. The van der Waals surface area contributed by atoms with Crippen LogP contribution in [-0.4, -0.2) is 28.9 Å². The maximum Gasteiger partial charge on any atom is 0.326 e. The molecule has 3 N–H and O–H groups in total. The van der Waals surface area contributed by atoms with E-state index in [9.17, 15) is 19.5 Å². The van der Waals surface area contributed by atoms with Gasteiger partial charge < -0.3 is 15.7 Å². The van der Waals surface area contributed by atoms with Gasteiger partial charge in [0, 0.05) is 24.6 Å². The third-order valence-corrected chi connectivity index (χ3v) is 3.76. The molecule has 0 saturated carbocycles. The lowest BCUT2D eigenvalue weighted by molar-refractivity contribution is -0.139. The van der Waals surface area contributed by atoms with Gasteiger partial charge in [0.25, 0.3) is 5.91 Å². The summed E-state index contributed by atoms with van der Waals surface area (Å²) in [4.78, 5) is 34.8. The number of hydrogen-bond acceptors (Lipinski definition) is 3. The molecule has 130 valence electrons. The monoisotopic (exact) mass is 340 g/mol. The molecule has 1 atom stereocenters. The van der Waals surface area contributed by atoms with Crippen molar-refractivity contribution in [3.05, 3.63) is 65.2 Å². The summed E-state index contributed by atoms with van der Waals surface area (Å²) in [6, 6.07) is 12.7. The van der Waals surface area contributed by atoms with Gasteiger partial charge in [-0.1, -0.05) is 24.3 Å². The maximum absolute atomic E-state index is 12.3. The minimum atomic E-state index is -1.09. The molecule has 0 unspecified atom stereocenters. The molecular weight excluding hydrogens is 320 g/mol. The van der Waals surface area contributed by atoms with Crippen molar-refractivity contribution in [2.24, 2.45) is 0 Å². The number of aryl methyl sites for hydroxylation is 1. The summed E-state index contributed by atoms with van der Waals surface area (Å²) >= 11 is 0. The zero-order chi connectivity index (χ0) is 18.4. The van der Waals surface area contributed by atoms with Gasteiger partial charge in [-0.05, 0) is 42.3 Å². The molecule has 25 heavy (non-hydrogen) atoms. The van der Waals surface area contributed by atoms with Gasteiger partial charge in [0.2, 0.25) is 5.91 Å². The van der Waals surface area contributed by atoms with E-state index in [1.807, 2.05) is 31.2 Å². The summed E-state index contributed by atoms with van der Waals surface area (Å²) < 4.78 is 0. The van der Waals surface area contributed by atoms with Crippen molar-refractivity contribution in [3.8, 4) is 0 Å². The number of carbonyl (C=O) groups is 3. The van der Waals surface area contributed by atoms with Gasteiger partial charge in [-0.3, -0.25) is 9.59 Å². The predicted molar refractivity (Wildman–Crippen MR) is 94.5 cm³/mol. The van der Waals surface area contributed by atoms with E-state index in [0.717, 1.165) is 11.1 Å². The van der Waals surface area contributed by atoms with Crippen molar-refractivity contribution < 1.29 is 19.5 Å². The Bertz CT molecular complexity index is 784. The first-order chi connectivity index (χ1) is 11.9. The molecular formula is C19H20N2O4. The Kier molecular flexibility index (Phi) is 5.89. The van der Waals surface area contributed by atoms with Crippen molar-refractivity contribution in [3.63, 3.8) is 0 Å². The normalized spacial score (nSPS) is 11.4. The number of benzene rings is 2. The summed E-state index contributed by atoms with van der Waals surface area (Å²) in [7, 11) is 0.